The van der Waals surface area contributed by atoms with Crippen molar-refractivity contribution in [3.05, 3.63) is 64.5 Å². The van der Waals surface area contributed by atoms with Gasteiger partial charge in [0.2, 0.25) is 0 Å². The van der Waals surface area contributed by atoms with E-state index in [0.717, 1.165) is 50.6 Å². The fourth-order valence-electron chi connectivity index (χ4n) is 4.93. The number of rotatable bonds is 13. The van der Waals surface area contributed by atoms with Crippen molar-refractivity contribution in [2.75, 3.05) is 13.2 Å². The third kappa shape index (κ3) is 7.85. The molecular formula is C28H38FNO3. The van der Waals surface area contributed by atoms with Gasteiger partial charge in [0.1, 0.15) is 0 Å². The molecule has 4 nitrogen and oxygen atoms in total. The van der Waals surface area contributed by atoms with Crippen LogP contribution in [0.15, 0.2) is 36.4 Å². The maximum atomic E-state index is 14.5. The Morgan fingerprint density at radius 3 is 2.52 bits per heavy atom. The molecule has 0 fully saturated rings. The van der Waals surface area contributed by atoms with E-state index in [0.29, 0.717) is 30.3 Å². The zero-order chi connectivity index (χ0) is 23.8. The number of hydrogen-bond acceptors (Lipinski definition) is 3. The van der Waals surface area contributed by atoms with E-state index in [1.54, 1.807) is 13.0 Å². The van der Waals surface area contributed by atoms with Crippen LogP contribution in [0.5, 0.6) is 5.75 Å². The summed E-state index contributed by atoms with van der Waals surface area (Å²) in [5, 5.41) is 12.4. The van der Waals surface area contributed by atoms with Crippen LogP contribution >= 0.6 is 0 Å². The number of carbonyl (C=O) groups is 1. The highest BCUT2D eigenvalue weighted by Crippen LogP contribution is 2.32. The standard InChI is InChI=1S/C28H38FNO3/c1-20-15-21(9-4-7-12-26(31)32)18-25(27(20)29)33-14-8-13-30-28(2,3)19-22-16-23-10-5-6-11-24(23)17-22/h5-6,10-11,15,18,22,30H,4,7-9,12-14,16-17,19H2,1-3H3,(H,31,32). The van der Waals surface area contributed by atoms with E-state index >= 15 is 0 Å². The molecule has 3 rings (SSSR count). The summed E-state index contributed by atoms with van der Waals surface area (Å²) in [6.07, 6.45) is 6.53. The van der Waals surface area contributed by atoms with Crippen molar-refractivity contribution >= 4 is 5.97 Å². The summed E-state index contributed by atoms with van der Waals surface area (Å²) < 4.78 is 20.3. The molecule has 2 aromatic rings. The number of fused-ring (bicyclic) bond motifs is 1. The molecule has 0 heterocycles. The molecule has 5 heteroatoms. The molecule has 0 unspecified atom stereocenters. The molecule has 0 saturated carbocycles. The van der Waals surface area contributed by atoms with Gasteiger partial charge in [0, 0.05) is 12.0 Å². The van der Waals surface area contributed by atoms with Gasteiger partial charge in [-0.05, 0) is 106 Å². The summed E-state index contributed by atoms with van der Waals surface area (Å²) in [5.74, 6) is -0.111. The quantitative estimate of drug-likeness (QED) is 0.371. The second-order valence-electron chi connectivity index (χ2n) is 10.1. The van der Waals surface area contributed by atoms with E-state index in [2.05, 4.69) is 43.4 Å². The molecule has 0 aliphatic heterocycles. The van der Waals surface area contributed by atoms with Crippen molar-refractivity contribution in [1.82, 2.24) is 5.32 Å². The molecule has 1 aliphatic rings. The number of aliphatic carboxylic acids is 1. The van der Waals surface area contributed by atoms with Crippen LogP contribution in [0.2, 0.25) is 0 Å². The van der Waals surface area contributed by atoms with Crippen LogP contribution in [-0.4, -0.2) is 29.8 Å². The molecule has 0 radical (unpaired) electrons. The molecule has 2 N–H and O–H groups in total. The average Bonchev–Trinajstić information content (AvgIpc) is 3.15. The fourth-order valence-corrected chi connectivity index (χ4v) is 4.93. The average molecular weight is 456 g/mol. The number of carboxylic acid groups (broad SMARTS) is 1. The molecule has 0 bridgehead atoms. The van der Waals surface area contributed by atoms with Gasteiger partial charge >= 0.3 is 5.97 Å². The largest absolute Gasteiger partial charge is 0.490 e. The predicted molar refractivity (Wildman–Crippen MR) is 130 cm³/mol. The molecule has 2 aromatic carbocycles. The first-order valence-electron chi connectivity index (χ1n) is 12.2. The number of ether oxygens (including phenoxy) is 1. The minimum atomic E-state index is -0.778. The molecule has 33 heavy (non-hydrogen) atoms. The van der Waals surface area contributed by atoms with Gasteiger partial charge in [-0.1, -0.05) is 30.3 Å². The number of hydrogen-bond donors (Lipinski definition) is 2. The molecule has 0 spiro atoms. The van der Waals surface area contributed by atoms with Gasteiger partial charge in [0.25, 0.3) is 0 Å². The van der Waals surface area contributed by atoms with Crippen LogP contribution in [0.1, 0.15) is 68.2 Å². The number of benzene rings is 2. The highest BCUT2D eigenvalue weighted by atomic mass is 19.1. The first kappa shape index (κ1) is 25.2. The molecular weight excluding hydrogens is 417 g/mol. The summed E-state index contributed by atoms with van der Waals surface area (Å²) in [4.78, 5) is 10.7. The van der Waals surface area contributed by atoms with Gasteiger partial charge in [-0.15, -0.1) is 0 Å². The topological polar surface area (TPSA) is 58.6 Å². The van der Waals surface area contributed by atoms with Crippen LogP contribution in [0, 0.1) is 18.7 Å². The van der Waals surface area contributed by atoms with Gasteiger partial charge in [0.05, 0.1) is 6.61 Å². The Hall–Kier alpha value is -2.40. The van der Waals surface area contributed by atoms with Crippen molar-refractivity contribution < 1.29 is 19.0 Å². The lowest BCUT2D eigenvalue weighted by molar-refractivity contribution is -0.137. The summed E-state index contributed by atoms with van der Waals surface area (Å²) in [6, 6.07) is 12.3. The van der Waals surface area contributed by atoms with Gasteiger partial charge in [0.15, 0.2) is 11.6 Å². The van der Waals surface area contributed by atoms with E-state index < -0.39 is 5.97 Å². The Morgan fingerprint density at radius 2 is 1.85 bits per heavy atom. The summed E-state index contributed by atoms with van der Waals surface area (Å²) in [6.45, 7) is 7.54. The van der Waals surface area contributed by atoms with Crippen LogP contribution < -0.4 is 10.1 Å². The number of carboxylic acids is 1. The number of halogens is 1. The van der Waals surface area contributed by atoms with Gasteiger partial charge in [-0.25, -0.2) is 4.39 Å². The SMILES string of the molecule is Cc1cc(CCCCC(=O)O)cc(OCCCNC(C)(C)CC2Cc3ccccc3C2)c1F. The summed E-state index contributed by atoms with van der Waals surface area (Å²) >= 11 is 0. The molecule has 180 valence electrons. The van der Waals surface area contributed by atoms with Gasteiger partial charge < -0.3 is 15.2 Å². The molecule has 0 atom stereocenters. The van der Waals surface area contributed by atoms with E-state index in [1.165, 1.54) is 11.1 Å². The lowest BCUT2D eigenvalue weighted by Gasteiger charge is -2.29. The first-order chi connectivity index (χ1) is 15.7. The van der Waals surface area contributed by atoms with E-state index in [1.807, 2.05) is 6.07 Å². The van der Waals surface area contributed by atoms with Crippen LogP contribution in [0.25, 0.3) is 0 Å². The number of aryl methyl sites for hydroxylation is 2. The van der Waals surface area contributed by atoms with E-state index in [4.69, 9.17) is 9.84 Å². The van der Waals surface area contributed by atoms with E-state index in [-0.39, 0.29) is 17.8 Å². The normalized spacial score (nSPS) is 13.8. The second kappa shape index (κ2) is 11.6. The lowest BCUT2D eigenvalue weighted by Crippen LogP contribution is -2.42. The van der Waals surface area contributed by atoms with Crippen LogP contribution in [0.4, 0.5) is 4.39 Å². The molecule has 0 saturated heterocycles. The first-order valence-corrected chi connectivity index (χ1v) is 12.2. The molecule has 0 aromatic heterocycles. The zero-order valence-electron chi connectivity index (χ0n) is 20.3. The van der Waals surface area contributed by atoms with Crippen molar-refractivity contribution in [2.24, 2.45) is 5.92 Å². The van der Waals surface area contributed by atoms with Gasteiger partial charge in [-0.3, -0.25) is 4.79 Å². The summed E-state index contributed by atoms with van der Waals surface area (Å²) in [5.41, 5.74) is 4.59. The Kier molecular flexibility index (Phi) is 8.90. The Labute approximate surface area is 197 Å². The maximum Gasteiger partial charge on any atom is 0.303 e. The second-order valence-corrected chi connectivity index (χ2v) is 10.1. The number of nitrogens with one attached hydrogen (secondary N) is 1. The van der Waals surface area contributed by atoms with Crippen LogP contribution in [0.3, 0.4) is 0 Å². The smallest absolute Gasteiger partial charge is 0.303 e. The molecule has 0 amide bonds. The van der Waals surface area contributed by atoms with Gasteiger partial charge in [-0.2, -0.15) is 0 Å². The highest BCUT2D eigenvalue weighted by molar-refractivity contribution is 5.66. The minimum absolute atomic E-state index is 0.0460. The number of unbranched alkanes of at least 4 members (excludes halogenated alkanes) is 1. The maximum absolute atomic E-state index is 14.5. The Bertz CT molecular complexity index is 916. The van der Waals surface area contributed by atoms with E-state index in [9.17, 15) is 9.18 Å². The lowest BCUT2D eigenvalue weighted by atomic mass is 9.88. The zero-order valence-corrected chi connectivity index (χ0v) is 20.3. The Balaban J connectivity index is 1.39. The third-order valence-corrected chi connectivity index (χ3v) is 6.50. The minimum Gasteiger partial charge on any atom is -0.490 e. The fraction of sp³-hybridized carbons (Fsp3) is 0.536. The van der Waals surface area contributed by atoms with Crippen molar-refractivity contribution in [3.8, 4) is 5.75 Å². The highest BCUT2D eigenvalue weighted by Gasteiger charge is 2.27. The molecule has 1 aliphatic carbocycles. The Morgan fingerprint density at radius 1 is 1.15 bits per heavy atom. The third-order valence-electron chi connectivity index (χ3n) is 6.50. The van der Waals surface area contributed by atoms with Crippen molar-refractivity contribution in [2.45, 2.75) is 77.7 Å². The van der Waals surface area contributed by atoms with Crippen molar-refractivity contribution in [1.29, 1.82) is 0 Å². The monoisotopic (exact) mass is 455 g/mol. The van der Waals surface area contributed by atoms with Crippen molar-refractivity contribution in [3.63, 3.8) is 0 Å². The predicted octanol–water partition coefficient (Wildman–Crippen LogP) is 5.87. The summed E-state index contributed by atoms with van der Waals surface area (Å²) in [7, 11) is 0. The van der Waals surface area contributed by atoms with Crippen LogP contribution in [-0.2, 0) is 24.1 Å².